The van der Waals surface area contributed by atoms with E-state index >= 15 is 0 Å². The molecule has 0 bridgehead atoms. The van der Waals surface area contributed by atoms with Crippen molar-refractivity contribution in [3.63, 3.8) is 0 Å². The first-order valence-corrected chi connectivity index (χ1v) is 7.72. The fraction of sp³-hybridized carbons (Fsp3) is 0.188. The number of thiophene rings is 1. The molecule has 5 nitrogen and oxygen atoms in total. The van der Waals surface area contributed by atoms with Gasteiger partial charge in [-0.2, -0.15) is 0 Å². The zero-order chi connectivity index (χ0) is 15.7. The number of amides is 2. The van der Waals surface area contributed by atoms with Gasteiger partial charge in [-0.05, 0) is 30.7 Å². The molecule has 0 aliphatic carbocycles. The Morgan fingerprint density at radius 1 is 1.09 bits per heavy atom. The zero-order valence-electron chi connectivity index (χ0n) is 11.9. The van der Waals surface area contributed by atoms with Gasteiger partial charge in [0.1, 0.15) is 4.88 Å². The molecule has 22 heavy (non-hydrogen) atoms. The molecule has 1 aromatic carbocycles. The second-order valence-electron chi connectivity index (χ2n) is 4.84. The van der Waals surface area contributed by atoms with Crippen LogP contribution >= 0.6 is 11.3 Å². The highest BCUT2D eigenvalue weighted by molar-refractivity contribution is 7.13. The number of carbonyl (C=O) groups excluding carboxylic acids is 3. The molecule has 0 atom stereocenters. The third-order valence-electron chi connectivity index (χ3n) is 3.29. The number of carbonyl (C=O) groups is 3. The smallest absolute Gasteiger partial charge is 0.323 e. The van der Waals surface area contributed by atoms with Gasteiger partial charge < -0.3 is 4.84 Å². The van der Waals surface area contributed by atoms with Gasteiger partial charge in [0.25, 0.3) is 11.8 Å². The van der Waals surface area contributed by atoms with Crippen LogP contribution in [0.25, 0.3) is 0 Å². The highest BCUT2D eigenvalue weighted by atomic mass is 32.1. The van der Waals surface area contributed by atoms with Crippen molar-refractivity contribution in [2.45, 2.75) is 19.8 Å². The molecule has 2 aromatic rings. The van der Waals surface area contributed by atoms with Crippen LogP contribution in [0.2, 0.25) is 0 Å². The van der Waals surface area contributed by atoms with E-state index in [2.05, 4.69) is 6.92 Å². The quantitative estimate of drug-likeness (QED) is 0.813. The fourth-order valence-corrected chi connectivity index (χ4v) is 3.23. The molecule has 0 saturated carbocycles. The van der Waals surface area contributed by atoms with E-state index in [4.69, 9.17) is 4.84 Å². The number of hydrogen-bond donors (Lipinski definition) is 0. The Morgan fingerprint density at radius 3 is 2.32 bits per heavy atom. The maximum absolute atomic E-state index is 12.1. The van der Waals surface area contributed by atoms with E-state index in [1.807, 2.05) is 6.07 Å². The lowest BCUT2D eigenvalue weighted by Crippen LogP contribution is -2.32. The first-order valence-electron chi connectivity index (χ1n) is 6.90. The number of imide groups is 1. The zero-order valence-corrected chi connectivity index (χ0v) is 12.7. The summed E-state index contributed by atoms with van der Waals surface area (Å²) >= 11 is 1.31. The van der Waals surface area contributed by atoms with Crippen molar-refractivity contribution in [1.82, 2.24) is 5.06 Å². The van der Waals surface area contributed by atoms with Crippen LogP contribution in [0.5, 0.6) is 0 Å². The summed E-state index contributed by atoms with van der Waals surface area (Å²) in [5, 5.41) is 0.534. The molecule has 0 N–H and O–H groups in total. The van der Waals surface area contributed by atoms with Gasteiger partial charge in [-0.15, -0.1) is 11.3 Å². The van der Waals surface area contributed by atoms with Gasteiger partial charge in [-0.25, -0.2) is 4.79 Å². The summed E-state index contributed by atoms with van der Waals surface area (Å²) in [5.41, 5.74) is 0.497. The van der Waals surface area contributed by atoms with E-state index in [-0.39, 0.29) is 11.1 Å². The number of fused-ring (bicyclic) bond motifs is 1. The number of benzene rings is 1. The molecule has 1 aliphatic heterocycles. The Morgan fingerprint density at radius 2 is 1.73 bits per heavy atom. The molecular weight excluding hydrogens is 302 g/mol. The second kappa shape index (κ2) is 5.73. The van der Waals surface area contributed by atoms with Crippen molar-refractivity contribution in [2.75, 3.05) is 0 Å². The van der Waals surface area contributed by atoms with Gasteiger partial charge in [0, 0.05) is 4.88 Å². The molecule has 2 amide bonds. The molecule has 0 spiro atoms. The summed E-state index contributed by atoms with van der Waals surface area (Å²) < 4.78 is 0. The first kappa shape index (κ1) is 14.5. The van der Waals surface area contributed by atoms with Crippen molar-refractivity contribution in [2.24, 2.45) is 0 Å². The minimum absolute atomic E-state index is 0.248. The van der Waals surface area contributed by atoms with E-state index in [9.17, 15) is 14.4 Å². The molecule has 1 aliphatic rings. The summed E-state index contributed by atoms with van der Waals surface area (Å²) in [4.78, 5) is 42.8. The van der Waals surface area contributed by atoms with E-state index in [1.54, 1.807) is 18.2 Å². The molecule has 0 fully saturated rings. The Labute approximate surface area is 131 Å². The number of rotatable bonds is 4. The van der Waals surface area contributed by atoms with Crippen LogP contribution in [0.4, 0.5) is 0 Å². The van der Waals surface area contributed by atoms with Crippen molar-refractivity contribution in [3.8, 4) is 0 Å². The number of hydroxylamine groups is 2. The van der Waals surface area contributed by atoms with E-state index in [0.717, 1.165) is 17.7 Å². The Balaban J connectivity index is 1.77. The number of nitrogens with zero attached hydrogens (tertiary/aromatic N) is 1. The molecule has 3 rings (SSSR count). The van der Waals surface area contributed by atoms with Crippen molar-refractivity contribution < 1.29 is 19.2 Å². The molecule has 0 unspecified atom stereocenters. The van der Waals surface area contributed by atoms with Crippen LogP contribution in [0.3, 0.4) is 0 Å². The van der Waals surface area contributed by atoms with Crippen LogP contribution in [0.1, 0.15) is 48.6 Å². The van der Waals surface area contributed by atoms with Gasteiger partial charge in [0.15, 0.2) is 0 Å². The van der Waals surface area contributed by atoms with Crippen LogP contribution in [-0.2, 0) is 11.3 Å². The average molecular weight is 315 g/mol. The van der Waals surface area contributed by atoms with Crippen molar-refractivity contribution >= 4 is 29.1 Å². The van der Waals surface area contributed by atoms with Crippen LogP contribution in [-0.4, -0.2) is 22.8 Å². The summed E-state index contributed by atoms with van der Waals surface area (Å²) in [6.07, 6.45) is 1.86. The van der Waals surface area contributed by atoms with Gasteiger partial charge in [-0.1, -0.05) is 30.5 Å². The van der Waals surface area contributed by atoms with Gasteiger partial charge in [0.05, 0.1) is 11.1 Å². The Hall–Kier alpha value is -2.47. The predicted molar refractivity (Wildman–Crippen MR) is 80.7 cm³/mol. The van der Waals surface area contributed by atoms with Crippen molar-refractivity contribution in [1.29, 1.82) is 0 Å². The fourth-order valence-electron chi connectivity index (χ4n) is 2.25. The van der Waals surface area contributed by atoms with Crippen molar-refractivity contribution in [3.05, 3.63) is 57.3 Å². The maximum Gasteiger partial charge on any atom is 0.373 e. The third kappa shape index (κ3) is 2.42. The predicted octanol–water partition coefficient (Wildman–Crippen LogP) is 3.07. The lowest BCUT2D eigenvalue weighted by atomic mass is 10.1. The first-order chi connectivity index (χ1) is 10.6. The lowest BCUT2D eigenvalue weighted by molar-refractivity contribution is -0.0581. The van der Waals surface area contributed by atoms with Crippen LogP contribution < -0.4 is 0 Å². The molecule has 6 heteroatoms. The monoisotopic (exact) mass is 315 g/mol. The topological polar surface area (TPSA) is 63.7 Å². The van der Waals surface area contributed by atoms with E-state index in [1.165, 1.54) is 23.5 Å². The third-order valence-corrected chi connectivity index (χ3v) is 4.42. The lowest BCUT2D eigenvalue weighted by Gasteiger charge is -2.11. The molecule has 2 heterocycles. The Bertz CT molecular complexity index is 730. The normalized spacial score (nSPS) is 13.4. The number of aryl methyl sites for hydroxylation is 1. The van der Waals surface area contributed by atoms with Gasteiger partial charge >= 0.3 is 5.97 Å². The Kier molecular flexibility index (Phi) is 3.77. The van der Waals surface area contributed by atoms with E-state index in [0.29, 0.717) is 9.94 Å². The average Bonchev–Trinajstić information content (AvgIpc) is 3.08. The summed E-state index contributed by atoms with van der Waals surface area (Å²) in [7, 11) is 0. The van der Waals surface area contributed by atoms with Gasteiger partial charge in [0.2, 0.25) is 0 Å². The SMILES string of the molecule is CCCc1ccc(C(=O)ON2C(=O)c3ccccc3C2=O)s1. The molecule has 1 aromatic heterocycles. The molecular formula is C16H13NO4S. The standard InChI is InChI=1S/C16H13NO4S/c1-2-5-10-8-9-13(22-10)16(20)21-17-14(18)11-6-3-4-7-12(11)15(17)19/h3-4,6-9H,2,5H2,1H3. The highest BCUT2D eigenvalue weighted by Crippen LogP contribution is 2.25. The largest absolute Gasteiger partial charge is 0.373 e. The van der Waals surface area contributed by atoms with Crippen LogP contribution in [0.15, 0.2) is 36.4 Å². The summed E-state index contributed by atoms with van der Waals surface area (Å²) in [5.74, 6) is -1.92. The van der Waals surface area contributed by atoms with Gasteiger partial charge in [-0.3, -0.25) is 9.59 Å². The molecule has 0 saturated heterocycles. The highest BCUT2D eigenvalue weighted by Gasteiger charge is 2.38. The van der Waals surface area contributed by atoms with E-state index < -0.39 is 17.8 Å². The maximum atomic E-state index is 12.1. The number of hydrogen-bond acceptors (Lipinski definition) is 5. The summed E-state index contributed by atoms with van der Waals surface area (Å²) in [6.45, 7) is 2.05. The molecule has 0 radical (unpaired) electrons. The van der Waals surface area contributed by atoms with Crippen LogP contribution in [0, 0.1) is 0 Å². The second-order valence-corrected chi connectivity index (χ2v) is 6.01. The molecule has 112 valence electrons. The minimum atomic E-state index is -0.693. The summed E-state index contributed by atoms with van der Waals surface area (Å²) in [6, 6.07) is 9.89. The minimum Gasteiger partial charge on any atom is -0.323 e.